The summed E-state index contributed by atoms with van der Waals surface area (Å²) in [5.74, 6) is -28.6. The molecule has 2 atom stereocenters. The van der Waals surface area contributed by atoms with Gasteiger partial charge in [0.25, 0.3) is 0 Å². The van der Waals surface area contributed by atoms with Crippen molar-refractivity contribution in [3.63, 3.8) is 0 Å². The average Bonchev–Trinajstić information content (AvgIpc) is 0.740. The number of esters is 2. The fourth-order valence-corrected chi connectivity index (χ4v) is 16.0. The SMILES string of the molecule is COC(=O)c1ccc(N(Cc2cnc(C3CCCCC3)cn2)C(=O)[C@H]2CCN2S(=O)(=O)c2c(F)c(F)c(F)c(F)c2F)cc1O.O=C(OCc1ccccc1)c1ccc(N(Cc2cnc(C3CCCCC3)cn2)C(=O)[C@H]2CCN2S(=O)(=O)c2c(F)c(F)c(F)c(F)c2F)cc1OCc1ccccc1. The van der Waals surface area contributed by atoms with Crippen LogP contribution in [0.5, 0.6) is 11.5 Å². The van der Waals surface area contributed by atoms with Crippen LogP contribution in [0.15, 0.2) is 132 Å². The second kappa shape index (κ2) is 31.8. The first-order chi connectivity index (χ1) is 49.3. The van der Waals surface area contributed by atoms with Gasteiger partial charge in [-0.1, -0.05) is 99.2 Å². The number of nitrogens with zero attached hydrogens (tertiary/aromatic N) is 8. The molecular formula is C71H64F10N8O12S2. The molecule has 8 aromatic rings. The number of hydrogen-bond acceptors (Lipinski definition) is 16. The predicted molar refractivity (Wildman–Crippen MR) is 347 cm³/mol. The first-order valence-electron chi connectivity index (χ1n) is 32.5. The summed E-state index contributed by atoms with van der Waals surface area (Å²) in [6, 6.07) is 22.4. The van der Waals surface area contributed by atoms with Crippen LogP contribution in [0.1, 0.15) is 144 Å². The highest BCUT2D eigenvalue weighted by Crippen LogP contribution is 2.40. The normalized spacial score (nSPS) is 16.7. The van der Waals surface area contributed by atoms with Crippen LogP contribution in [-0.4, -0.2) is 107 Å². The fourth-order valence-electron chi connectivity index (χ4n) is 12.5. The van der Waals surface area contributed by atoms with Crippen LogP contribution in [0, 0.1) is 58.2 Å². The molecule has 32 heteroatoms. The van der Waals surface area contributed by atoms with Gasteiger partial charge in [0, 0.05) is 60.8 Å². The topological polar surface area (TPSA) is 249 Å². The van der Waals surface area contributed by atoms with Crippen LogP contribution in [0.3, 0.4) is 0 Å². The van der Waals surface area contributed by atoms with E-state index >= 15 is 0 Å². The number of anilines is 2. The molecule has 2 aromatic heterocycles. The lowest BCUT2D eigenvalue weighted by Gasteiger charge is -2.41. The zero-order chi connectivity index (χ0) is 73.6. The summed E-state index contributed by atoms with van der Waals surface area (Å²) in [5, 5.41) is 10.5. The Morgan fingerprint density at radius 3 is 1.25 bits per heavy atom. The number of hydrogen-bond donors (Lipinski definition) is 1. The molecule has 2 saturated heterocycles. The van der Waals surface area contributed by atoms with Crippen LogP contribution >= 0.6 is 0 Å². The Bertz CT molecular complexity index is 4680. The number of rotatable bonds is 21. The van der Waals surface area contributed by atoms with E-state index in [2.05, 4.69) is 24.7 Å². The average molecular weight is 1480 g/mol. The first kappa shape index (κ1) is 74.3. The summed E-state index contributed by atoms with van der Waals surface area (Å²) >= 11 is 0. The lowest BCUT2D eigenvalue weighted by atomic mass is 9.87. The summed E-state index contributed by atoms with van der Waals surface area (Å²) in [6.07, 6.45) is 16.2. The Labute approximate surface area is 584 Å². The van der Waals surface area contributed by atoms with E-state index in [1.807, 2.05) is 12.1 Å². The third-order valence-electron chi connectivity index (χ3n) is 18.3. The standard InChI is InChI=1S/C42H37F5N4O6S.C29H27F5N4O6S/c43-35-36(44)38(46)40(39(47)37(35)45)58(54,55)51-19-18-33(51)41(52)50(23-29-21-49-32(22-48-29)28-14-8-3-9-15-28)30-16-17-31(42(53)57-25-27-12-6-2-7-13-27)34(20-30)56-24-26-10-4-1-5-11-26;1-44-29(41)18-8-7-17(11-21(18)39)37(14-16-12-36-19(13-35-16)15-5-3-2-4-6-15)28(40)20-9-10-38(20)45(42,43)27-25(33)23(31)22(30)24(32)26(27)34/h1-2,4-7,10-13,16-17,20-22,28,33H,3,8-9,14-15,18-19,23-25H2;7-8,11-13,15,20,39H,2-6,9-10,14H2,1H3/t33-;20-/m11/s1. The van der Waals surface area contributed by atoms with Crippen molar-refractivity contribution in [2.24, 2.45) is 0 Å². The number of halogens is 10. The number of phenolic OH excluding ortho intramolecular Hbond substituents is 1. The van der Waals surface area contributed by atoms with Crippen molar-refractivity contribution in [1.82, 2.24) is 28.5 Å². The van der Waals surface area contributed by atoms with Gasteiger partial charge < -0.3 is 29.1 Å². The van der Waals surface area contributed by atoms with E-state index in [1.165, 1.54) is 42.7 Å². The Hall–Kier alpha value is -9.92. The first-order valence-corrected chi connectivity index (χ1v) is 35.4. The Morgan fingerprint density at radius 1 is 0.476 bits per heavy atom. The molecule has 12 rings (SSSR count). The third-order valence-corrected chi connectivity index (χ3v) is 22.2. The largest absolute Gasteiger partial charge is 0.507 e. The van der Waals surface area contributed by atoms with Gasteiger partial charge in [-0.2, -0.15) is 8.61 Å². The van der Waals surface area contributed by atoms with Crippen LogP contribution in [-0.2, 0) is 65.4 Å². The molecule has 0 radical (unpaired) electrons. The summed E-state index contributed by atoms with van der Waals surface area (Å²) in [6.45, 7) is -1.58. The second-order valence-electron chi connectivity index (χ2n) is 24.7. The van der Waals surface area contributed by atoms with Gasteiger partial charge >= 0.3 is 11.9 Å². The molecule has 20 nitrogen and oxygen atoms in total. The zero-order valence-corrected chi connectivity index (χ0v) is 56.3. The molecule has 0 unspecified atom stereocenters. The van der Waals surface area contributed by atoms with Crippen molar-refractivity contribution in [3.05, 3.63) is 225 Å². The van der Waals surface area contributed by atoms with Crippen molar-refractivity contribution in [2.45, 2.75) is 137 Å². The van der Waals surface area contributed by atoms with E-state index in [0.717, 1.165) is 110 Å². The molecule has 2 amide bonds. The maximum absolute atomic E-state index is 14.8. The van der Waals surface area contributed by atoms with Crippen molar-refractivity contribution < 1.29 is 99.2 Å². The highest BCUT2D eigenvalue weighted by molar-refractivity contribution is 7.89. The van der Waals surface area contributed by atoms with Gasteiger partial charge in [0.2, 0.25) is 43.5 Å². The van der Waals surface area contributed by atoms with E-state index in [4.69, 9.17) is 9.47 Å². The van der Waals surface area contributed by atoms with E-state index < -0.39 is 143 Å². The molecule has 0 bridgehead atoms. The number of benzene rings is 6. The van der Waals surface area contributed by atoms with Gasteiger partial charge in [-0.3, -0.25) is 29.5 Å². The monoisotopic (exact) mass is 1470 g/mol. The van der Waals surface area contributed by atoms with E-state index in [-0.39, 0.29) is 84.9 Å². The van der Waals surface area contributed by atoms with E-state index in [1.54, 1.807) is 60.9 Å². The number of sulfonamides is 2. The molecule has 6 aromatic carbocycles. The molecule has 542 valence electrons. The predicted octanol–water partition coefficient (Wildman–Crippen LogP) is 12.9. The summed E-state index contributed by atoms with van der Waals surface area (Å²) < 4.78 is 213. The van der Waals surface area contributed by atoms with E-state index in [0.29, 0.717) is 14.3 Å². The van der Waals surface area contributed by atoms with Gasteiger partial charge in [-0.25, -0.2) is 70.3 Å². The van der Waals surface area contributed by atoms with Gasteiger partial charge in [0.1, 0.15) is 47.9 Å². The molecule has 0 spiro atoms. The number of amides is 2. The number of carbonyl (C=O) groups is 4. The lowest BCUT2D eigenvalue weighted by molar-refractivity contribution is -0.125. The molecular weight excluding hydrogens is 1410 g/mol. The van der Waals surface area contributed by atoms with Crippen LogP contribution in [0.25, 0.3) is 0 Å². The molecule has 103 heavy (non-hydrogen) atoms. The maximum Gasteiger partial charge on any atom is 0.342 e. The number of ether oxygens (including phenoxy) is 3. The molecule has 1 N–H and O–H groups in total. The van der Waals surface area contributed by atoms with Crippen molar-refractivity contribution in [2.75, 3.05) is 30.0 Å². The highest BCUT2D eigenvalue weighted by atomic mass is 32.2. The van der Waals surface area contributed by atoms with Crippen LogP contribution in [0.4, 0.5) is 55.3 Å². The Morgan fingerprint density at radius 2 is 0.874 bits per heavy atom. The Kier molecular flexibility index (Phi) is 22.9. The minimum absolute atomic E-state index is 0.00186. The molecule has 2 aliphatic heterocycles. The van der Waals surface area contributed by atoms with Gasteiger partial charge in [0.05, 0.1) is 55.4 Å². The number of phenols is 1. The Balaban J connectivity index is 0.000000213. The fraction of sp³-hybridized carbons (Fsp3) is 0.324. The number of carbonyl (C=O) groups excluding carboxylic acids is 4. The van der Waals surface area contributed by atoms with Gasteiger partial charge in [0.15, 0.2) is 56.3 Å². The number of aromatic hydroxyl groups is 1. The zero-order valence-electron chi connectivity index (χ0n) is 54.7. The van der Waals surface area contributed by atoms with Crippen molar-refractivity contribution in [3.8, 4) is 11.5 Å². The molecule has 4 heterocycles. The molecule has 2 saturated carbocycles. The third kappa shape index (κ3) is 15.7. The molecule has 2 aliphatic carbocycles. The van der Waals surface area contributed by atoms with Crippen LogP contribution < -0.4 is 14.5 Å². The smallest absolute Gasteiger partial charge is 0.342 e. The van der Waals surface area contributed by atoms with E-state index in [9.17, 15) is 85.0 Å². The lowest BCUT2D eigenvalue weighted by Crippen LogP contribution is -2.59. The summed E-state index contributed by atoms with van der Waals surface area (Å²) in [5.41, 5.74) is 3.45. The molecule has 4 aliphatic rings. The summed E-state index contributed by atoms with van der Waals surface area (Å²) in [4.78, 5) is 69.9. The minimum atomic E-state index is -5.45. The van der Waals surface area contributed by atoms with Gasteiger partial charge in [-0.05, 0) is 73.9 Å². The quantitative estimate of drug-likeness (QED) is 0.0304. The van der Waals surface area contributed by atoms with Crippen LogP contribution in [0.2, 0.25) is 0 Å². The van der Waals surface area contributed by atoms with Crippen molar-refractivity contribution in [1.29, 1.82) is 0 Å². The van der Waals surface area contributed by atoms with Crippen molar-refractivity contribution >= 4 is 55.2 Å². The highest BCUT2D eigenvalue weighted by Gasteiger charge is 2.50. The van der Waals surface area contributed by atoms with Gasteiger partial charge in [-0.15, -0.1) is 0 Å². The number of methoxy groups -OCH3 is 1. The molecule has 4 fully saturated rings. The second-order valence-corrected chi connectivity index (χ2v) is 28.4. The maximum atomic E-state index is 14.8. The summed E-state index contributed by atoms with van der Waals surface area (Å²) in [7, 11) is -9.76. The number of aromatic nitrogens is 4. The minimum Gasteiger partial charge on any atom is -0.507 e.